The van der Waals surface area contributed by atoms with Crippen molar-refractivity contribution in [1.82, 2.24) is 0 Å². The highest BCUT2D eigenvalue weighted by molar-refractivity contribution is 5.94. The summed E-state index contributed by atoms with van der Waals surface area (Å²) in [6.45, 7) is 1.88. The number of fused-ring (bicyclic) bond motifs is 3. The maximum atomic E-state index is 13.3. The second kappa shape index (κ2) is 9.16. The highest BCUT2D eigenvalue weighted by atomic mass is 16.7. The Kier molecular flexibility index (Phi) is 5.78. The Bertz CT molecular complexity index is 1410. The number of rotatable bonds is 6. The number of phenolic OH excluding ortho intramolecular Hbond substituents is 1. The largest absolute Gasteiger partial charge is 0.502 e. The summed E-state index contributed by atoms with van der Waals surface area (Å²) in [5, 5.41) is 14.1. The molecule has 0 bridgehead atoms. The van der Waals surface area contributed by atoms with E-state index in [-0.39, 0.29) is 54.4 Å². The van der Waals surface area contributed by atoms with Gasteiger partial charge in [-0.2, -0.15) is 0 Å². The topological polar surface area (TPSA) is 113 Å². The van der Waals surface area contributed by atoms with Crippen molar-refractivity contribution in [3.63, 3.8) is 0 Å². The highest BCUT2D eigenvalue weighted by Crippen LogP contribution is 2.56. The molecule has 3 aromatic rings. The van der Waals surface area contributed by atoms with Crippen LogP contribution in [0, 0.1) is 11.8 Å². The fourth-order valence-corrected chi connectivity index (χ4v) is 5.82. The standard InChI is InChI=1S/C29H27NO8/c1-14(31)15-4-6-17(7-5-15)30-27-19-11-22-21(37-13-38-22)10-18(19)25(26-20(27)12-36-29(26)33)16-8-23(34-2)28(32)24(9-16)35-3/h4-11,20,25-27,30,32H,12-13H2,1-3H3/t20-,25+,26-,27+/m0/s1. The molecule has 1 saturated heterocycles. The van der Waals surface area contributed by atoms with E-state index in [1.54, 1.807) is 24.3 Å². The van der Waals surface area contributed by atoms with E-state index in [9.17, 15) is 14.7 Å². The molecule has 0 radical (unpaired) electrons. The maximum Gasteiger partial charge on any atom is 0.310 e. The van der Waals surface area contributed by atoms with E-state index < -0.39 is 11.8 Å². The molecule has 3 aromatic carbocycles. The van der Waals surface area contributed by atoms with Crippen LogP contribution in [-0.2, 0) is 9.53 Å². The number of benzene rings is 3. The Hall–Kier alpha value is -4.40. The molecule has 9 heteroatoms. The third-order valence-electron chi connectivity index (χ3n) is 7.66. The van der Waals surface area contributed by atoms with E-state index in [0.717, 1.165) is 22.4 Å². The van der Waals surface area contributed by atoms with Gasteiger partial charge >= 0.3 is 5.97 Å². The van der Waals surface area contributed by atoms with Gasteiger partial charge in [-0.25, -0.2) is 0 Å². The molecule has 2 heterocycles. The number of anilines is 1. The molecule has 1 fully saturated rings. The molecule has 0 amide bonds. The van der Waals surface area contributed by atoms with Gasteiger partial charge in [0.25, 0.3) is 0 Å². The monoisotopic (exact) mass is 517 g/mol. The lowest BCUT2D eigenvalue weighted by atomic mass is 9.65. The normalized spacial score (nSPS) is 22.8. The van der Waals surface area contributed by atoms with Gasteiger partial charge in [0, 0.05) is 23.1 Å². The average Bonchev–Trinajstić information content (AvgIpc) is 3.54. The van der Waals surface area contributed by atoms with Crippen LogP contribution in [0.15, 0.2) is 48.5 Å². The van der Waals surface area contributed by atoms with Gasteiger partial charge in [-0.3, -0.25) is 9.59 Å². The predicted molar refractivity (Wildman–Crippen MR) is 136 cm³/mol. The second-order valence-corrected chi connectivity index (χ2v) is 9.66. The molecule has 2 N–H and O–H groups in total. The number of ketones is 1. The lowest BCUT2D eigenvalue weighted by molar-refractivity contribution is -0.141. The SMILES string of the molecule is COc1cc([C@@H]2c3cc4c(cc3[C@@H](Nc3ccc(C(C)=O)cc3)[C@H]3COC(=O)[C@H]23)OCO4)cc(OC)c1O. The van der Waals surface area contributed by atoms with Gasteiger partial charge in [-0.1, -0.05) is 0 Å². The number of ether oxygens (including phenoxy) is 5. The van der Waals surface area contributed by atoms with E-state index in [0.29, 0.717) is 17.1 Å². The van der Waals surface area contributed by atoms with E-state index in [1.807, 2.05) is 24.3 Å². The number of aromatic hydroxyl groups is 1. The summed E-state index contributed by atoms with van der Waals surface area (Å²) in [6, 6.07) is 14.3. The summed E-state index contributed by atoms with van der Waals surface area (Å²) < 4.78 is 27.9. The van der Waals surface area contributed by atoms with Crippen molar-refractivity contribution in [3.8, 4) is 28.7 Å². The number of esters is 1. The first kappa shape index (κ1) is 24.0. The third kappa shape index (κ3) is 3.77. The van der Waals surface area contributed by atoms with Crippen LogP contribution in [-0.4, -0.2) is 44.5 Å². The van der Waals surface area contributed by atoms with Gasteiger partial charge in [-0.15, -0.1) is 0 Å². The highest BCUT2D eigenvalue weighted by Gasteiger charge is 2.52. The zero-order chi connectivity index (χ0) is 26.6. The smallest absolute Gasteiger partial charge is 0.310 e. The predicted octanol–water partition coefficient (Wildman–Crippen LogP) is 4.43. The summed E-state index contributed by atoms with van der Waals surface area (Å²) in [5.41, 5.74) is 4.00. The number of carbonyl (C=O) groups is 2. The van der Waals surface area contributed by atoms with Gasteiger partial charge in [0.1, 0.15) is 0 Å². The summed E-state index contributed by atoms with van der Waals surface area (Å²) >= 11 is 0. The lowest BCUT2D eigenvalue weighted by Crippen LogP contribution is -2.37. The molecule has 38 heavy (non-hydrogen) atoms. The molecule has 3 aliphatic rings. The van der Waals surface area contributed by atoms with E-state index >= 15 is 0 Å². The minimum atomic E-state index is -0.518. The molecular weight excluding hydrogens is 490 g/mol. The maximum absolute atomic E-state index is 13.3. The van der Waals surface area contributed by atoms with E-state index in [1.165, 1.54) is 21.1 Å². The minimum absolute atomic E-state index is 0.00952. The van der Waals surface area contributed by atoms with Crippen LogP contribution >= 0.6 is 0 Å². The number of carbonyl (C=O) groups excluding carboxylic acids is 2. The molecule has 196 valence electrons. The molecule has 4 atom stereocenters. The fourth-order valence-electron chi connectivity index (χ4n) is 5.82. The fraction of sp³-hybridized carbons (Fsp3) is 0.310. The Labute approximate surface area is 219 Å². The van der Waals surface area contributed by atoms with Crippen molar-refractivity contribution in [3.05, 3.63) is 70.8 Å². The number of nitrogens with one attached hydrogen (secondary N) is 1. The van der Waals surface area contributed by atoms with Gasteiger partial charge in [-0.05, 0) is 72.1 Å². The Morgan fingerprint density at radius 2 is 1.58 bits per heavy atom. The first-order valence-corrected chi connectivity index (χ1v) is 12.3. The van der Waals surface area contributed by atoms with Crippen LogP contribution in [0.25, 0.3) is 0 Å². The van der Waals surface area contributed by atoms with Crippen molar-refractivity contribution < 1.29 is 38.4 Å². The van der Waals surface area contributed by atoms with Crippen molar-refractivity contribution in [1.29, 1.82) is 0 Å². The quantitative estimate of drug-likeness (QED) is 0.362. The lowest BCUT2D eigenvalue weighted by Gasteiger charge is -2.40. The van der Waals surface area contributed by atoms with Crippen molar-refractivity contribution >= 4 is 17.4 Å². The first-order valence-electron chi connectivity index (χ1n) is 12.3. The molecular formula is C29H27NO8. The Morgan fingerprint density at radius 3 is 2.18 bits per heavy atom. The van der Waals surface area contributed by atoms with Gasteiger partial charge in [0.2, 0.25) is 12.5 Å². The van der Waals surface area contributed by atoms with Crippen molar-refractivity contribution in [2.45, 2.75) is 18.9 Å². The number of cyclic esters (lactones) is 1. The second-order valence-electron chi connectivity index (χ2n) is 9.66. The van der Waals surface area contributed by atoms with Crippen LogP contribution in [0.4, 0.5) is 5.69 Å². The van der Waals surface area contributed by atoms with Crippen LogP contribution in [0.3, 0.4) is 0 Å². The molecule has 6 rings (SSSR count). The van der Waals surface area contributed by atoms with Crippen LogP contribution in [0.5, 0.6) is 28.7 Å². The molecule has 0 saturated carbocycles. The van der Waals surface area contributed by atoms with E-state index in [2.05, 4.69) is 5.32 Å². The molecule has 9 nitrogen and oxygen atoms in total. The Morgan fingerprint density at radius 1 is 0.947 bits per heavy atom. The first-order chi connectivity index (χ1) is 18.4. The molecule has 0 spiro atoms. The van der Waals surface area contributed by atoms with Crippen LogP contribution in [0.2, 0.25) is 0 Å². The molecule has 0 aromatic heterocycles. The number of hydrogen-bond donors (Lipinski definition) is 2. The minimum Gasteiger partial charge on any atom is -0.502 e. The number of methoxy groups -OCH3 is 2. The number of phenols is 1. The summed E-state index contributed by atoms with van der Waals surface area (Å²) in [4.78, 5) is 25.0. The molecule has 0 unspecified atom stereocenters. The Balaban J connectivity index is 1.51. The zero-order valence-electron chi connectivity index (χ0n) is 21.1. The van der Waals surface area contributed by atoms with Crippen molar-refractivity contribution in [2.75, 3.05) is 32.9 Å². The number of hydrogen-bond acceptors (Lipinski definition) is 9. The van der Waals surface area contributed by atoms with Gasteiger partial charge in [0.05, 0.1) is 32.8 Å². The van der Waals surface area contributed by atoms with Crippen molar-refractivity contribution in [2.24, 2.45) is 11.8 Å². The summed E-state index contributed by atoms with van der Waals surface area (Å²) in [6.07, 6.45) is 0. The van der Waals surface area contributed by atoms with Gasteiger partial charge < -0.3 is 34.1 Å². The van der Waals surface area contributed by atoms with Gasteiger partial charge in [0.15, 0.2) is 28.8 Å². The summed E-state index contributed by atoms with van der Waals surface area (Å²) in [7, 11) is 2.93. The van der Waals surface area contributed by atoms with E-state index in [4.69, 9.17) is 23.7 Å². The average molecular weight is 518 g/mol. The molecule has 1 aliphatic carbocycles. The molecule has 2 aliphatic heterocycles. The van der Waals surface area contributed by atoms with Crippen LogP contribution < -0.4 is 24.3 Å². The van der Waals surface area contributed by atoms with Crippen LogP contribution in [0.1, 0.15) is 45.9 Å². The summed E-state index contributed by atoms with van der Waals surface area (Å²) in [5.74, 6) is 0.158. The zero-order valence-corrected chi connectivity index (χ0v) is 21.1. The third-order valence-corrected chi connectivity index (χ3v) is 7.66. The number of Topliss-reactive ketones (excluding diaryl/α,β-unsaturated/α-hetero) is 1.